The highest BCUT2D eigenvalue weighted by atomic mass is 32.2. The minimum absolute atomic E-state index is 0.0182. The van der Waals surface area contributed by atoms with Gasteiger partial charge in [0.25, 0.3) is 0 Å². The molecule has 24 heavy (non-hydrogen) atoms. The summed E-state index contributed by atoms with van der Waals surface area (Å²) in [7, 11) is -3.78. The van der Waals surface area contributed by atoms with Gasteiger partial charge in [-0.1, -0.05) is 20.3 Å². The number of aryl methyl sites for hydroxylation is 1. The molecule has 0 amide bonds. The number of benzene rings is 1. The molecule has 0 unspecified atom stereocenters. The van der Waals surface area contributed by atoms with Gasteiger partial charge in [0.1, 0.15) is 12.4 Å². The molecule has 2 N–H and O–H groups in total. The van der Waals surface area contributed by atoms with Gasteiger partial charge in [-0.05, 0) is 31.0 Å². The molecular weight excluding hydrogens is 330 g/mol. The van der Waals surface area contributed by atoms with Gasteiger partial charge in [-0.15, -0.1) is 0 Å². The molecule has 0 aliphatic rings. The number of hydrogen-bond donors (Lipinski definition) is 1. The quantitative estimate of drug-likeness (QED) is 0.733. The van der Waals surface area contributed by atoms with Gasteiger partial charge in [0.05, 0.1) is 15.9 Å². The molecule has 7 nitrogen and oxygen atoms in total. The molecule has 0 atom stereocenters. The SMILES string of the molecule is CCCCn1c(COC(=O)CCC)nc2cc(S(N)(=O)=O)ccc21. The van der Waals surface area contributed by atoms with Crippen molar-refractivity contribution in [2.75, 3.05) is 0 Å². The minimum Gasteiger partial charge on any atom is -0.458 e. The summed E-state index contributed by atoms with van der Waals surface area (Å²) in [5.74, 6) is 0.339. The second-order valence-electron chi connectivity index (χ2n) is 5.64. The molecule has 0 saturated heterocycles. The zero-order valence-electron chi connectivity index (χ0n) is 14.0. The Labute approximate surface area is 141 Å². The lowest BCUT2D eigenvalue weighted by atomic mass is 10.3. The van der Waals surface area contributed by atoms with Crippen LogP contribution in [-0.4, -0.2) is 23.9 Å². The van der Waals surface area contributed by atoms with Gasteiger partial charge in [-0.2, -0.15) is 0 Å². The van der Waals surface area contributed by atoms with E-state index in [0.29, 0.717) is 17.8 Å². The molecule has 132 valence electrons. The van der Waals surface area contributed by atoms with Crippen molar-refractivity contribution in [1.29, 1.82) is 0 Å². The zero-order chi connectivity index (χ0) is 17.7. The summed E-state index contributed by atoms with van der Waals surface area (Å²) in [6.45, 7) is 4.79. The Bertz CT molecular complexity index is 827. The van der Waals surface area contributed by atoms with Crippen molar-refractivity contribution in [2.24, 2.45) is 5.14 Å². The van der Waals surface area contributed by atoms with Crippen LogP contribution in [0.4, 0.5) is 0 Å². The number of primary sulfonamides is 1. The number of nitrogens with zero attached hydrogens (tertiary/aromatic N) is 2. The lowest BCUT2D eigenvalue weighted by Gasteiger charge is -2.09. The van der Waals surface area contributed by atoms with Gasteiger partial charge >= 0.3 is 5.97 Å². The Morgan fingerprint density at radius 3 is 2.67 bits per heavy atom. The number of carbonyl (C=O) groups excluding carboxylic acids is 1. The summed E-state index contributed by atoms with van der Waals surface area (Å²) in [5.41, 5.74) is 1.33. The van der Waals surface area contributed by atoms with Crippen LogP contribution in [0.25, 0.3) is 11.0 Å². The van der Waals surface area contributed by atoms with E-state index in [1.165, 1.54) is 12.1 Å². The number of hydrogen-bond acceptors (Lipinski definition) is 5. The fourth-order valence-electron chi connectivity index (χ4n) is 2.43. The van der Waals surface area contributed by atoms with Crippen LogP contribution in [0.2, 0.25) is 0 Å². The highest BCUT2D eigenvalue weighted by molar-refractivity contribution is 7.89. The van der Waals surface area contributed by atoms with Gasteiger partial charge in [0.15, 0.2) is 0 Å². The molecule has 2 rings (SSSR count). The second kappa shape index (κ2) is 7.76. The Balaban J connectivity index is 2.38. The van der Waals surface area contributed by atoms with Crippen LogP contribution in [0.15, 0.2) is 23.1 Å². The van der Waals surface area contributed by atoms with Gasteiger partial charge in [0, 0.05) is 13.0 Å². The fraction of sp³-hybridized carbons (Fsp3) is 0.500. The maximum absolute atomic E-state index is 11.6. The number of fused-ring (bicyclic) bond motifs is 1. The number of imidazole rings is 1. The Kier molecular flexibility index (Phi) is 5.95. The third kappa shape index (κ3) is 4.33. The topological polar surface area (TPSA) is 104 Å². The number of carbonyl (C=O) groups is 1. The molecule has 2 aromatic rings. The number of esters is 1. The van der Waals surface area contributed by atoms with Crippen LogP contribution in [0, 0.1) is 0 Å². The second-order valence-corrected chi connectivity index (χ2v) is 7.20. The van der Waals surface area contributed by atoms with Crippen molar-refractivity contribution in [3.8, 4) is 0 Å². The number of unbranched alkanes of at least 4 members (excludes halogenated alkanes) is 1. The lowest BCUT2D eigenvalue weighted by Crippen LogP contribution is -2.12. The van der Waals surface area contributed by atoms with Crippen LogP contribution in [-0.2, 0) is 32.7 Å². The first-order valence-corrected chi connectivity index (χ1v) is 9.59. The molecule has 0 saturated carbocycles. The zero-order valence-corrected chi connectivity index (χ0v) is 14.8. The molecule has 1 aromatic heterocycles. The van der Waals surface area contributed by atoms with Crippen LogP contribution in [0.1, 0.15) is 45.4 Å². The van der Waals surface area contributed by atoms with E-state index in [1.54, 1.807) is 6.07 Å². The van der Waals surface area contributed by atoms with Crippen LogP contribution in [0.5, 0.6) is 0 Å². The highest BCUT2D eigenvalue weighted by Gasteiger charge is 2.15. The molecule has 1 aromatic carbocycles. The first-order chi connectivity index (χ1) is 11.4. The largest absolute Gasteiger partial charge is 0.458 e. The lowest BCUT2D eigenvalue weighted by molar-refractivity contribution is -0.145. The van der Waals surface area contributed by atoms with E-state index in [1.807, 2.05) is 11.5 Å². The molecular formula is C16H23N3O4S. The summed E-state index contributed by atoms with van der Waals surface area (Å²) >= 11 is 0. The van der Waals surface area contributed by atoms with Crippen molar-refractivity contribution in [3.63, 3.8) is 0 Å². The first-order valence-electron chi connectivity index (χ1n) is 8.04. The third-order valence-corrected chi connectivity index (χ3v) is 4.59. The molecule has 0 bridgehead atoms. The number of sulfonamides is 1. The van der Waals surface area contributed by atoms with Crippen LogP contribution >= 0.6 is 0 Å². The van der Waals surface area contributed by atoms with E-state index >= 15 is 0 Å². The van der Waals surface area contributed by atoms with E-state index in [9.17, 15) is 13.2 Å². The Morgan fingerprint density at radius 1 is 1.29 bits per heavy atom. The fourth-order valence-corrected chi connectivity index (χ4v) is 2.97. The van der Waals surface area contributed by atoms with Gasteiger partial charge < -0.3 is 9.30 Å². The maximum Gasteiger partial charge on any atom is 0.306 e. The molecule has 8 heteroatoms. The first kappa shape index (κ1) is 18.4. The van der Waals surface area contributed by atoms with Crippen molar-refractivity contribution in [1.82, 2.24) is 9.55 Å². The van der Waals surface area contributed by atoms with Gasteiger partial charge in [0.2, 0.25) is 10.0 Å². The molecule has 0 fully saturated rings. The molecule has 0 spiro atoms. The van der Waals surface area contributed by atoms with E-state index in [0.717, 1.165) is 31.3 Å². The van der Waals surface area contributed by atoms with E-state index in [2.05, 4.69) is 11.9 Å². The average Bonchev–Trinajstić information content (AvgIpc) is 2.87. The predicted octanol–water partition coefficient (Wildman–Crippen LogP) is 2.33. The van der Waals surface area contributed by atoms with Crippen LogP contribution in [0.3, 0.4) is 0 Å². The summed E-state index contributed by atoms with van der Waals surface area (Å²) in [6.07, 6.45) is 3.04. The van der Waals surface area contributed by atoms with Gasteiger partial charge in [-0.3, -0.25) is 4.79 Å². The summed E-state index contributed by atoms with van der Waals surface area (Å²) < 4.78 is 30.2. The smallest absolute Gasteiger partial charge is 0.306 e. The molecule has 0 aliphatic heterocycles. The van der Waals surface area contributed by atoms with Crippen molar-refractivity contribution >= 4 is 27.0 Å². The summed E-state index contributed by atoms with van der Waals surface area (Å²) in [4.78, 5) is 16.0. The number of aromatic nitrogens is 2. The van der Waals surface area contributed by atoms with Crippen LogP contribution < -0.4 is 5.14 Å². The van der Waals surface area contributed by atoms with Crippen molar-refractivity contribution < 1.29 is 17.9 Å². The van der Waals surface area contributed by atoms with Crippen molar-refractivity contribution in [3.05, 3.63) is 24.0 Å². The van der Waals surface area contributed by atoms with E-state index in [4.69, 9.17) is 9.88 Å². The van der Waals surface area contributed by atoms with Gasteiger partial charge in [-0.25, -0.2) is 18.5 Å². The molecule has 0 radical (unpaired) electrons. The van der Waals surface area contributed by atoms with E-state index in [-0.39, 0.29) is 17.5 Å². The summed E-state index contributed by atoms with van der Waals surface area (Å²) in [6, 6.07) is 4.61. The third-order valence-electron chi connectivity index (χ3n) is 3.68. The minimum atomic E-state index is -3.78. The predicted molar refractivity (Wildman–Crippen MR) is 90.7 cm³/mol. The Morgan fingerprint density at radius 2 is 2.04 bits per heavy atom. The normalized spacial score (nSPS) is 11.8. The van der Waals surface area contributed by atoms with Crippen molar-refractivity contribution in [2.45, 2.75) is 57.6 Å². The number of ether oxygens (including phenoxy) is 1. The average molecular weight is 353 g/mol. The number of nitrogens with two attached hydrogens (primary N) is 1. The highest BCUT2D eigenvalue weighted by Crippen LogP contribution is 2.21. The standard InChI is InChI=1S/C16H23N3O4S/c1-3-5-9-19-14-8-7-12(24(17,21)22)10-13(14)18-15(19)11-23-16(20)6-4-2/h7-8,10H,3-6,9,11H2,1-2H3,(H2,17,21,22). The maximum atomic E-state index is 11.6. The number of rotatable bonds is 8. The summed E-state index contributed by atoms with van der Waals surface area (Å²) in [5, 5.41) is 5.17. The molecule has 1 heterocycles. The molecule has 0 aliphatic carbocycles. The van der Waals surface area contributed by atoms with E-state index < -0.39 is 10.0 Å². The Hall–Kier alpha value is -1.93. The monoisotopic (exact) mass is 353 g/mol.